The lowest BCUT2D eigenvalue weighted by Crippen LogP contribution is -2.30. The number of nitrogens with zero attached hydrogens (tertiary/aromatic N) is 2. The average Bonchev–Trinajstić information content (AvgIpc) is 2.98. The van der Waals surface area contributed by atoms with Crippen LogP contribution in [0.2, 0.25) is 0 Å². The molecule has 0 saturated heterocycles. The van der Waals surface area contributed by atoms with Crippen molar-refractivity contribution < 1.29 is 4.79 Å². The molecule has 0 fully saturated rings. The third-order valence-electron chi connectivity index (χ3n) is 3.76. The van der Waals surface area contributed by atoms with E-state index in [4.69, 9.17) is 5.73 Å². The summed E-state index contributed by atoms with van der Waals surface area (Å²) >= 11 is 1.24. The van der Waals surface area contributed by atoms with E-state index in [9.17, 15) is 4.79 Å². The van der Waals surface area contributed by atoms with Crippen molar-refractivity contribution in [1.82, 2.24) is 4.98 Å². The molecule has 2 aromatic carbocycles. The van der Waals surface area contributed by atoms with Crippen molar-refractivity contribution >= 4 is 28.1 Å². The van der Waals surface area contributed by atoms with Crippen molar-refractivity contribution in [1.29, 1.82) is 0 Å². The lowest BCUT2D eigenvalue weighted by atomic mass is 10.1. The highest BCUT2D eigenvalue weighted by atomic mass is 32.1. The van der Waals surface area contributed by atoms with Gasteiger partial charge in [0.2, 0.25) is 0 Å². The number of anilines is 2. The molecule has 3 aromatic rings. The molecule has 1 aromatic heterocycles. The average molecular weight is 337 g/mol. The lowest BCUT2D eigenvalue weighted by Gasteiger charge is -2.21. The van der Waals surface area contributed by atoms with Crippen LogP contribution < -0.4 is 10.6 Å². The second-order valence-corrected chi connectivity index (χ2v) is 6.51. The fourth-order valence-electron chi connectivity index (χ4n) is 2.64. The van der Waals surface area contributed by atoms with Gasteiger partial charge in [0.1, 0.15) is 4.88 Å². The third-order valence-corrected chi connectivity index (χ3v) is 4.63. The Bertz CT molecular complexity index is 858. The van der Waals surface area contributed by atoms with E-state index in [1.807, 2.05) is 68.4 Å². The van der Waals surface area contributed by atoms with E-state index in [1.165, 1.54) is 11.3 Å². The zero-order chi connectivity index (χ0) is 17.1. The quantitative estimate of drug-likeness (QED) is 0.769. The summed E-state index contributed by atoms with van der Waals surface area (Å²) in [4.78, 5) is 19.8. The zero-order valence-electron chi connectivity index (χ0n) is 13.7. The van der Waals surface area contributed by atoms with Crippen molar-refractivity contribution in [2.45, 2.75) is 13.8 Å². The largest absolute Gasteiger partial charge is 0.375 e. The Morgan fingerprint density at radius 1 is 1.17 bits per heavy atom. The molecule has 1 amide bonds. The first-order valence-corrected chi connectivity index (χ1v) is 8.62. The predicted molar refractivity (Wildman–Crippen MR) is 100 cm³/mol. The Balaban J connectivity index is 2.03. The molecule has 4 nitrogen and oxygen atoms in total. The summed E-state index contributed by atoms with van der Waals surface area (Å²) < 4.78 is 0. The van der Waals surface area contributed by atoms with E-state index in [-0.39, 0.29) is 5.91 Å². The summed E-state index contributed by atoms with van der Waals surface area (Å²) in [6.07, 6.45) is 0. The minimum Gasteiger partial charge on any atom is -0.375 e. The molecule has 24 heavy (non-hydrogen) atoms. The Labute approximate surface area is 145 Å². The molecule has 0 unspecified atom stereocenters. The standard InChI is InChI=1S/C19H19N3OS/c1-3-22(15-11-7-8-13(2)12-15)18(23)17-16(21-19(20)24-17)14-9-5-4-6-10-14/h4-12H,3H2,1-2H3,(H2,20,21). The smallest absolute Gasteiger partial charge is 0.270 e. The molecule has 0 aliphatic rings. The highest BCUT2D eigenvalue weighted by molar-refractivity contribution is 7.17. The Kier molecular flexibility index (Phi) is 4.62. The fourth-order valence-corrected chi connectivity index (χ4v) is 3.44. The first-order valence-electron chi connectivity index (χ1n) is 7.80. The molecule has 122 valence electrons. The van der Waals surface area contributed by atoms with E-state index in [1.54, 1.807) is 4.90 Å². The third kappa shape index (κ3) is 3.16. The van der Waals surface area contributed by atoms with Crippen molar-refractivity contribution in [2.75, 3.05) is 17.2 Å². The number of thiazole rings is 1. The van der Waals surface area contributed by atoms with Crippen molar-refractivity contribution in [2.24, 2.45) is 0 Å². The topological polar surface area (TPSA) is 59.2 Å². The molecule has 0 aliphatic carbocycles. The molecule has 0 saturated carbocycles. The second-order valence-electron chi connectivity index (χ2n) is 5.48. The molecule has 0 atom stereocenters. The van der Waals surface area contributed by atoms with Crippen molar-refractivity contribution in [3.05, 3.63) is 65.0 Å². The first kappa shape index (κ1) is 16.2. The molecule has 0 bridgehead atoms. The number of hydrogen-bond donors (Lipinski definition) is 1. The molecular formula is C19H19N3OS. The number of amides is 1. The van der Waals surface area contributed by atoms with E-state index in [0.717, 1.165) is 16.8 Å². The molecule has 1 heterocycles. The summed E-state index contributed by atoms with van der Waals surface area (Å²) in [6, 6.07) is 17.6. The highest BCUT2D eigenvalue weighted by Gasteiger charge is 2.24. The van der Waals surface area contributed by atoms with Crippen LogP contribution in [0.4, 0.5) is 10.8 Å². The lowest BCUT2D eigenvalue weighted by molar-refractivity contribution is 0.0992. The Morgan fingerprint density at radius 3 is 2.58 bits per heavy atom. The number of carbonyl (C=O) groups excluding carboxylic acids is 1. The van der Waals surface area contributed by atoms with E-state index in [0.29, 0.717) is 22.2 Å². The molecule has 0 radical (unpaired) electrons. The van der Waals surface area contributed by atoms with Gasteiger partial charge >= 0.3 is 0 Å². The number of rotatable bonds is 4. The summed E-state index contributed by atoms with van der Waals surface area (Å²) in [7, 11) is 0. The number of benzene rings is 2. The van der Waals surface area contributed by atoms with Gasteiger partial charge in [-0.15, -0.1) is 0 Å². The molecule has 0 spiro atoms. The highest BCUT2D eigenvalue weighted by Crippen LogP contribution is 2.32. The maximum absolute atomic E-state index is 13.1. The van der Waals surface area contributed by atoms with Crippen molar-refractivity contribution in [3.63, 3.8) is 0 Å². The van der Waals surface area contributed by atoms with Gasteiger partial charge < -0.3 is 10.6 Å². The van der Waals surface area contributed by atoms with E-state index in [2.05, 4.69) is 4.98 Å². The van der Waals surface area contributed by atoms with Gasteiger partial charge in [0.25, 0.3) is 5.91 Å². The first-order chi connectivity index (χ1) is 11.6. The summed E-state index contributed by atoms with van der Waals surface area (Å²) in [5.74, 6) is -0.0730. The van der Waals surface area contributed by atoms with Gasteiger partial charge in [-0.2, -0.15) is 0 Å². The molecule has 3 rings (SSSR count). The summed E-state index contributed by atoms with van der Waals surface area (Å²) in [5, 5.41) is 0.400. The van der Waals surface area contributed by atoms with Gasteiger partial charge in [0.05, 0.1) is 5.69 Å². The van der Waals surface area contributed by atoms with Gasteiger partial charge in [-0.25, -0.2) is 4.98 Å². The van der Waals surface area contributed by atoms with Crippen LogP contribution in [-0.4, -0.2) is 17.4 Å². The van der Waals surface area contributed by atoms with E-state index < -0.39 is 0 Å². The number of nitrogen functional groups attached to an aromatic ring is 1. The second kappa shape index (κ2) is 6.84. The Hall–Kier alpha value is -2.66. The van der Waals surface area contributed by atoms with Crippen LogP contribution in [0.1, 0.15) is 22.2 Å². The van der Waals surface area contributed by atoms with Gasteiger partial charge in [0.15, 0.2) is 5.13 Å². The fraction of sp³-hybridized carbons (Fsp3) is 0.158. The van der Waals surface area contributed by atoms with Crippen LogP contribution in [0.25, 0.3) is 11.3 Å². The monoisotopic (exact) mass is 337 g/mol. The molecule has 5 heteroatoms. The predicted octanol–water partition coefficient (Wildman–Crippen LogP) is 4.37. The van der Waals surface area contributed by atoms with Gasteiger partial charge in [-0.3, -0.25) is 4.79 Å². The minimum atomic E-state index is -0.0730. The van der Waals surface area contributed by atoms with Crippen LogP contribution in [-0.2, 0) is 0 Å². The molecule has 0 aliphatic heterocycles. The molecule has 2 N–H and O–H groups in total. The number of carbonyl (C=O) groups is 1. The number of hydrogen-bond acceptors (Lipinski definition) is 4. The van der Waals surface area contributed by atoms with Crippen molar-refractivity contribution in [3.8, 4) is 11.3 Å². The van der Waals surface area contributed by atoms with Crippen LogP contribution in [0.15, 0.2) is 54.6 Å². The van der Waals surface area contributed by atoms with Gasteiger partial charge in [0, 0.05) is 17.8 Å². The number of nitrogens with two attached hydrogens (primary N) is 1. The minimum absolute atomic E-state index is 0.0730. The van der Waals surface area contributed by atoms with Crippen LogP contribution in [0, 0.1) is 6.92 Å². The zero-order valence-corrected chi connectivity index (χ0v) is 14.5. The normalized spacial score (nSPS) is 10.6. The van der Waals surface area contributed by atoms with Gasteiger partial charge in [-0.05, 0) is 31.5 Å². The number of aromatic nitrogens is 1. The molecular weight excluding hydrogens is 318 g/mol. The SMILES string of the molecule is CCN(C(=O)c1sc(N)nc1-c1ccccc1)c1cccc(C)c1. The maximum atomic E-state index is 13.1. The van der Waals surface area contributed by atoms with E-state index >= 15 is 0 Å². The summed E-state index contributed by atoms with van der Waals surface area (Å²) in [6.45, 7) is 4.56. The Morgan fingerprint density at radius 2 is 1.92 bits per heavy atom. The van der Waals surface area contributed by atoms with Gasteiger partial charge in [-0.1, -0.05) is 53.8 Å². The maximum Gasteiger partial charge on any atom is 0.270 e. The van der Waals surface area contributed by atoms with Crippen LogP contribution >= 0.6 is 11.3 Å². The summed E-state index contributed by atoms with van der Waals surface area (Å²) in [5.41, 5.74) is 9.44. The van der Waals surface area contributed by atoms with Crippen LogP contribution in [0.3, 0.4) is 0 Å². The number of aryl methyl sites for hydroxylation is 1. The van der Waals surface area contributed by atoms with Crippen LogP contribution in [0.5, 0.6) is 0 Å².